The number of hydrogen-bond donors (Lipinski definition) is 1. The molecule has 4 heteroatoms. The fourth-order valence-electron chi connectivity index (χ4n) is 2.18. The molecule has 1 heterocycles. The average molecular weight is 259 g/mol. The minimum absolute atomic E-state index is 0.0375. The highest BCUT2D eigenvalue weighted by molar-refractivity contribution is 5.98. The third kappa shape index (κ3) is 3.68. The lowest BCUT2D eigenvalue weighted by molar-refractivity contribution is -0.135. The van der Waals surface area contributed by atoms with Gasteiger partial charge in [-0.1, -0.05) is 30.3 Å². The lowest BCUT2D eigenvalue weighted by Crippen LogP contribution is -2.28. The predicted octanol–water partition coefficient (Wildman–Crippen LogP) is 2.17. The van der Waals surface area contributed by atoms with Crippen LogP contribution in [0.3, 0.4) is 0 Å². The summed E-state index contributed by atoms with van der Waals surface area (Å²) in [4.78, 5) is 24.9. The largest absolute Gasteiger partial charge is 0.478 e. The Hall–Kier alpha value is -2.10. The lowest BCUT2D eigenvalue weighted by Gasteiger charge is -2.15. The summed E-state index contributed by atoms with van der Waals surface area (Å²) < 4.78 is 0. The van der Waals surface area contributed by atoms with Crippen molar-refractivity contribution >= 4 is 18.0 Å². The maximum absolute atomic E-state index is 12.0. The van der Waals surface area contributed by atoms with Crippen LogP contribution in [0.15, 0.2) is 35.9 Å². The molecule has 1 aromatic rings. The Balaban J connectivity index is 2.10. The molecule has 0 saturated carbocycles. The number of carboxylic acid groups (broad SMARTS) is 1. The summed E-state index contributed by atoms with van der Waals surface area (Å²) in [5.74, 6) is -1.13. The Bertz CT molecular complexity index is 487. The molecule has 100 valence electrons. The molecule has 1 fully saturated rings. The second-order valence-corrected chi connectivity index (χ2v) is 4.65. The molecule has 0 spiro atoms. The molecule has 0 bridgehead atoms. The first-order chi connectivity index (χ1) is 9.16. The Labute approximate surface area is 112 Å². The van der Waals surface area contributed by atoms with Gasteiger partial charge in [-0.3, -0.25) is 4.79 Å². The van der Waals surface area contributed by atoms with E-state index in [1.54, 1.807) is 11.0 Å². The number of carbonyl (C=O) groups excluding carboxylic acids is 1. The van der Waals surface area contributed by atoms with Gasteiger partial charge < -0.3 is 10.0 Å². The van der Waals surface area contributed by atoms with E-state index in [1.165, 1.54) is 0 Å². The number of benzene rings is 1. The zero-order valence-corrected chi connectivity index (χ0v) is 10.7. The highest BCUT2D eigenvalue weighted by Crippen LogP contribution is 2.15. The van der Waals surface area contributed by atoms with E-state index in [1.807, 2.05) is 30.3 Å². The monoisotopic (exact) mass is 259 g/mol. The van der Waals surface area contributed by atoms with Crippen molar-refractivity contribution in [2.75, 3.05) is 13.1 Å². The van der Waals surface area contributed by atoms with Crippen molar-refractivity contribution in [1.82, 2.24) is 4.90 Å². The van der Waals surface area contributed by atoms with Gasteiger partial charge in [0.15, 0.2) is 0 Å². The van der Waals surface area contributed by atoms with Crippen LogP contribution in [0.2, 0.25) is 0 Å². The van der Waals surface area contributed by atoms with Crippen LogP contribution in [-0.4, -0.2) is 35.0 Å². The first kappa shape index (κ1) is 13.3. The van der Waals surface area contributed by atoms with Gasteiger partial charge in [0, 0.05) is 18.7 Å². The van der Waals surface area contributed by atoms with Gasteiger partial charge in [0.1, 0.15) is 0 Å². The summed E-state index contributed by atoms with van der Waals surface area (Å²) in [5.41, 5.74) is 0.942. The van der Waals surface area contributed by atoms with E-state index >= 15 is 0 Å². The summed E-state index contributed by atoms with van der Waals surface area (Å²) in [7, 11) is 0. The Morgan fingerprint density at radius 1 is 1.16 bits per heavy atom. The Kier molecular flexibility index (Phi) is 4.34. The van der Waals surface area contributed by atoms with Crippen molar-refractivity contribution < 1.29 is 14.7 Å². The molecule has 1 amide bonds. The molecule has 0 radical (unpaired) electrons. The Morgan fingerprint density at radius 2 is 1.79 bits per heavy atom. The van der Waals surface area contributed by atoms with E-state index in [9.17, 15) is 14.7 Å². The molecule has 2 rings (SSSR count). The van der Waals surface area contributed by atoms with Crippen molar-refractivity contribution in [3.05, 3.63) is 41.5 Å². The van der Waals surface area contributed by atoms with Gasteiger partial charge in [-0.2, -0.15) is 0 Å². The minimum Gasteiger partial charge on any atom is -0.478 e. The second-order valence-electron chi connectivity index (χ2n) is 4.65. The van der Waals surface area contributed by atoms with Crippen LogP contribution in [0.5, 0.6) is 0 Å². The maximum atomic E-state index is 12.0. The summed E-state index contributed by atoms with van der Waals surface area (Å²) in [5, 5.41) is 9.19. The van der Waals surface area contributed by atoms with E-state index in [2.05, 4.69) is 0 Å². The van der Waals surface area contributed by atoms with Crippen LogP contribution in [0.4, 0.5) is 0 Å². The van der Waals surface area contributed by atoms with Gasteiger partial charge in [0.05, 0.1) is 6.42 Å². The lowest BCUT2D eigenvalue weighted by atomic mass is 10.1. The van der Waals surface area contributed by atoms with Gasteiger partial charge in [0.25, 0.3) is 0 Å². The molecule has 4 nitrogen and oxygen atoms in total. The normalized spacial score (nSPS) is 15.6. The number of nitrogens with zero attached hydrogens (tertiary/aromatic N) is 1. The van der Waals surface area contributed by atoms with Crippen LogP contribution >= 0.6 is 0 Å². The molecule has 1 saturated heterocycles. The first-order valence-electron chi connectivity index (χ1n) is 6.43. The second kappa shape index (κ2) is 6.18. The van der Waals surface area contributed by atoms with Crippen molar-refractivity contribution in [3.8, 4) is 0 Å². The van der Waals surface area contributed by atoms with Gasteiger partial charge in [-0.15, -0.1) is 0 Å². The number of carbonyl (C=O) groups is 2. The molecule has 0 aliphatic carbocycles. The smallest absolute Gasteiger partial charge is 0.332 e. The Morgan fingerprint density at radius 3 is 2.37 bits per heavy atom. The molecule has 0 unspecified atom stereocenters. The minimum atomic E-state index is -1.03. The van der Waals surface area contributed by atoms with Crippen molar-refractivity contribution in [3.63, 3.8) is 0 Å². The van der Waals surface area contributed by atoms with Crippen molar-refractivity contribution in [2.45, 2.75) is 19.3 Å². The van der Waals surface area contributed by atoms with E-state index in [-0.39, 0.29) is 17.9 Å². The number of aliphatic carboxylic acids is 1. The molecular weight excluding hydrogens is 242 g/mol. The number of amides is 1. The number of likely N-dealkylation sites (tertiary alicyclic amines) is 1. The zero-order valence-electron chi connectivity index (χ0n) is 10.7. The molecule has 1 aromatic carbocycles. The topological polar surface area (TPSA) is 57.6 Å². The molecule has 0 aromatic heterocycles. The molecule has 1 aliphatic rings. The van der Waals surface area contributed by atoms with Crippen LogP contribution < -0.4 is 0 Å². The first-order valence-corrected chi connectivity index (χ1v) is 6.43. The van der Waals surface area contributed by atoms with Crippen molar-refractivity contribution in [2.24, 2.45) is 0 Å². The third-order valence-electron chi connectivity index (χ3n) is 3.22. The van der Waals surface area contributed by atoms with Crippen LogP contribution in [0.1, 0.15) is 24.8 Å². The van der Waals surface area contributed by atoms with Crippen LogP contribution in [0, 0.1) is 0 Å². The third-order valence-corrected chi connectivity index (χ3v) is 3.22. The van der Waals surface area contributed by atoms with Gasteiger partial charge >= 0.3 is 5.97 Å². The van der Waals surface area contributed by atoms with Gasteiger partial charge in [0.2, 0.25) is 5.91 Å². The summed E-state index contributed by atoms with van der Waals surface area (Å²) in [6, 6.07) is 9.20. The van der Waals surface area contributed by atoms with Gasteiger partial charge in [-0.25, -0.2) is 4.79 Å². The van der Waals surface area contributed by atoms with E-state index < -0.39 is 5.97 Å². The van der Waals surface area contributed by atoms with Gasteiger partial charge in [-0.05, 0) is 24.5 Å². The molecular formula is C15H17NO3. The number of hydrogen-bond acceptors (Lipinski definition) is 2. The fourth-order valence-corrected chi connectivity index (χ4v) is 2.18. The predicted molar refractivity (Wildman–Crippen MR) is 72.5 cm³/mol. The van der Waals surface area contributed by atoms with E-state index in [0.717, 1.165) is 31.5 Å². The van der Waals surface area contributed by atoms with Crippen LogP contribution in [0.25, 0.3) is 6.08 Å². The molecule has 1 N–H and O–H groups in total. The highest BCUT2D eigenvalue weighted by atomic mass is 16.4. The summed E-state index contributed by atoms with van der Waals surface area (Å²) in [6.45, 7) is 1.49. The quantitative estimate of drug-likeness (QED) is 0.843. The SMILES string of the molecule is O=C(O)/C(=C\c1ccccc1)CC(=O)N1CCCC1. The van der Waals surface area contributed by atoms with Crippen molar-refractivity contribution in [1.29, 1.82) is 0 Å². The molecule has 0 atom stereocenters. The highest BCUT2D eigenvalue weighted by Gasteiger charge is 2.21. The van der Waals surface area contributed by atoms with Crippen LogP contribution in [-0.2, 0) is 9.59 Å². The van der Waals surface area contributed by atoms with E-state index in [4.69, 9.17) is 0 Å². The molecule has 1 aliphatic heterocycles. The molecule has 19 heavy (non-hydrogen) atoms. The zero-order chi connectivity index (χ0) is 13.7. The standard InChI is InChI=1S/C15H17NO3/c17-14(16-8-4-5-9-16)11-13(15(18)19)10-12-6-2-1-3-7-12/h1-3,6-7,10H,4-5,8-9,11H2,(H,18,19)/b13-10-. The van der Waals surface area contributed by atoms with E-state index in [0.29, 0.717) is 0 Å². The number of rotatable bonds is 4. The fraction of sp³-hybridized carbons (Fsp3) is 0.333. The summed E-state index contributed by atoms with van der Waals surface area (Å²) in [6.07, 6.45) is 3.55. The maximum Gasteiger partial charge on any atom is 0.332 e. The summed E-state index contributed by atoms with van der Waals surface area (Å²) >= 11 is 0. The number of carboxylic acids is 1. The average Bonchev–Trinajstić information content (AvgIpc) is 2.93.